The standard InChI is InChI=1S/C15H14FN5/c1-11(14-4-2-12(16)8-18-14)20-13-3-5-15(19-9-13)21-7-6-17-10-21/h2-11,20H,1H3. The number of halogens is 1. The van der Waals surface area contributed by atoms with E-state index < -0.39 is 0 Å². The molecule has 0 bridgehead atoms. The molecular formula is C15H14FN5. The molecule has 0 aliphatic heterocycles. The van der Waals surface area contributed by atoms with Crippen LogP contribution >= 0.6 is 0 Å². The van der Waals surface area contributed by atoms with Crippen molar-refractivity contribution in [1.29, 1.82) is 0 Å². The third kappa shape index (κ3) is 3.05. The van der Waals surface area contributed by atoms with E-state index in [0.29, 0.717) is 0 Å². The van der Waals surface area contributed by atoms with Gasteiger partial charge in [0.05, 0.1) is 29.8 Å². The van der Waals surface area contributed by atoms with Crippen molar-refractivity contribution < 1.29 is 4.39 Å². The highest BCUT2D eigenvalue weighted by molar-refractivity contribution is 5.45. The van der Waals surface area contributed by atoms with Gasteiger partial charge in [-0.2, -0.15) is 0 Å². The topological polar surface area (TPSA) is 55.6 Å². The predicted molar refractivity (Wildman–Crippen MR) is 77.6 cm³/mol. The summed E-state index contributed by atoms with van der Waals surface area (Å²) in [6.45, 7) is 1.96. The fourth-order valence-corrected chi connectivity index (χ4v) is 1.99. The fraction of sp³-hybridized carbons (Fsp3) is 0.133. The summed E-state index contributed by atoms with van der Waals surface area (Å²) in [5, 5.41) is 3.28. The molecule has 0 amide bonds. The molecule has 0 radical (unpaired) electrons. The van der Waals surface area contributed by atoms with Crippen molar-refractivity contribution in [3.63, 3.8) is 0 Å². The predicted octanol–water partition coefficient (Wildman–Crippen LogP) is 2.97. The maximum atomic E-state index is 12.9. The van der Waals surface area contributed by atoms with Crippen LogP contribution in [0.25, 0.3) is 5.82 Å². The number of aromatic nitrogens is 4. The van der Waals surface area contributed by atoms with Gasteiger partial charge in [-0.05, 0) is 31.2 Å². The molecule has 6 heteroatoms. The molecule has 3 rings (SSSR count). The number of rotatable bonds is 4. The van der Waals surface area contributed by atoms with Gasteiger partial charge < -0.3 is 5.32 Å². The molecule has 0 saturated carbocycles. The lowest BCUT2D eigenvalue weighted by Crippen LogP contribution is -2.09. The van der Waals surface area contributed by atoms with Gasteiger partial charge >= 0.3 is 0 Å². The lowest BCUT2D eigenvalue weighted by molar-refractivity contribution is 0.617. The summed E-state index contributed by atoms with van der Waals surface area (Å²) < 4.78 is 14.7. The van der Waals surface area contributed by atoms with Crippen LogP contribution in [0.2, 0.25) is 0 Å². The van der Waals surface area contributed by atoms with Crippen LogP contribution < -0.4 is 5.32 Å². The van der Waals surface area contributed by atoms with Gasteiger partial charge in [0, 0.05) is 12.4 Å². The number of pyridine rings is 2. The van der Waals surface area contributed by atoms with Crippen LogP contribution in [0.15, 0.2) is 55.4 Å². The zero-order valence-corrected chi connectivity index (χ0v) is 11.4. The SMILES string of the molecule is CC(Nc1ccc(-n2ccnc2)nc1)c1ccc(F)cn1. The van der Waals surface area contributed by atoms with Gasteiger partial charge in [0.15, 0.2) is 0 Å². The van der Waals surface area contributed by atoms with Gasteiger partial charge in [0.25, 0.3) is 0 Å². The Kier molecular flexibility index (Phi) is 3.59. The number of hydrogen-bond donors (Lipinski definition) is 1. The van der Waals surface area contributed by atoms with Crippen molar-refractivity contribution >= 4 is 5.69 Å². The Balaban J connectivity index is 1.71. The minimum absolute atomic E-state index is 0.0357. The zero-order chi connectivity index (χ0) is 14.7. The number of hydrogen-bond acceptors (Lipinski definition) is 4. The Morgan fingerprint density at radius 1 is 1.14 bits per heavy atom. The molecule has 106 valence electrons. The second kappa shape index (κ2) is 5.70. The molecule has 21 heavy (non-hydrogen) atoms. The third-order valence-corrected chi connectivity index (χ3v) is 3.09. The average Bonchev–Trinajstić information content (AvgIpc) is 3.03. The molecule has 1 unspecified atom stereocenters. The highest BCUT2D eigenvalue weighted by atomic mass is 19.1. The van der Waals surface area contributed by atoms with Crippen molar-refractivity contribution in [3.8, 4) is 5.82 Å². The molecule has 5 nitrogen and oxygen atoms in total. The molecule has 1 atom stereocenters. The summed E-state index contributed by atoms with van der Waals surface area (Å²) in [7, 11) is 0. The molecule has 3 aromatic heterocycles. The Labute approximate surface area is 121 Å². The lowest BCUT2D eigenvalue weighted by atomic mass is 10.2. The first-order chi connectivity index (χ1) is 10.2. The minimum atomic E-state index is -0.336. The number of anilines is 1. The van der Waals surface area contributed by atoms with Crippen LogP contribution in [-0.2, 0) is 0 Å². The summed E-state index contributed by atoms with van der Waals surface area (Å²) in [5.41, 5.74) is 1.65. The van der Waals surface area contributed by atoms with E-state index in [4.69, 9.17) is 0 Å². The zero-order valence-electron chi connectivity index (χ0n) is 11.4. The van der Waals surface area contributed by atoms with E-state index in [2.05, 4.69) is 20.3 Å². The Morgan fingerprint density at radius 2 is 2.05 bits per heavy atom. The average molecular weight is 283 g/mol. The minimum Gasteiger partial charge on any atom is -0.376 e. The van der Waals surface area contributed by atoms with Gasteiger partial charge in [-0.3, -0.25) is 9.55 Å². The molecule has 3 aromatic rings. The molecule has 0 fully saturated rings. The van der Waals surface area contributed by atoms with Crippen molar-refractivity contribution in [2.45, 2.75) is 13.0 Å². The van der Waals surface area contributed by atoms with Crippen molar-refractivity contribution in [2.75, 3.05) is 5.32 Å². The largest absolute Gasteiger partial charge is 0.376 e. The molecule has 0 aliphatic carbocycles. The first-order valence-electron chi connectivity index (χ1n) is 6.55. The lowest BCUT2D eigenvalue weighted by Gasteiger charge is -2.14. The molecule has 0 aliphatic rings. The number of nitrogens with zero attached hydrogens (tertiary/aromatic N) is 4. The van der Waals surface area contributed by atoms with Crippen LogP contribution in [0.3, 0.4) is 0 Å². The van der Waals surface area contributed by atoms with Gasteiger partial charge in [0.2, 0.25) is 0 Å². The first-order valence-corrected chi connectivity index (χ1v) is 6.55. The third-order valence-electron chi connectivity index (χ3n) is 3.09. The van der Waals surface area contributed by atoms with Gasteiger partial charge in [0.1, 0.15) is 18.0 Å². The van der Waals surface area contributed by atoms with Gasteiger partial charge in [-0.1, -0.05) is 0 Å². The van der Waals surface area contributed by atoms with E-state index in [-0.39, 0.29) is 11.9 Å². The summed E-state index contributed by atoms with van der Waals surface area (Å²) in [5.74, 6) is 0.461. The quantitative estimate of drug-likeness (QED) is 0.799. The first kappa shape index (κ1) is 13.2. The van der Waals surface area contributed by atoms with Crippen molar-refractivity contribution in [1.82, 2.24) is 19.5 Å². The van der Waals surface area contributed by atoms with E-state index >= 15 is 0 Å². The van der Waals surface area contributed by atoms with Crippen LogP contribution in [0.4, 0.5) is 10.1 Å². The number of imidazole rings is 1. The van der Waals surface area contributed by atoms with Gasteiger partial charge in [-0.25, -0.2) is 14.4 Å². The normalized spacial score (nSPS) is 12.1. The maximum Gasteiger partial charge on any atom is 0.141 e. The molecule has 0 saturated heterocycles. The summed E-state index contributed by atoms with van der Waals surface area (Å²) in [6, 6.07) is 6.87. The van der Waals surface area contributed by atoms with E-state index in [1.807, 2.05) is 29.8 Å². The van der Waals surface area contributed by atoms with Crippen molar-refractivity contribution in [3.05, 3.63) is 66.9 Å². The maximum absolute atomic E-state index is 12.9. The van der Waals surface area contributed by atoms with Crippen LogP contribution in [0.1, 0.15) is 18.7 Å². The molecule has 0 spiro atoms. The highest BCUT2D eigenvalue weighted by Crippen LogP contribution is 2.17. The van der Waals surface area contributed by atoms with Crippen LogP contribution in [-0.4, -0.2) is 19.5 Å². The van der Waals surface area contributed by atoms with E-state index in [0.717, 1.165) is 17.2 Å². The molecule has 0 aromatic carbocycles. The van der Waals surface area contributed by atoms with Crippen molar-refractivity contribution in [2.24, 2.45) is 0 Å². The van der Waals surface area contributed by atoms with E-state index in [1.54, 1.807) is 24.8 Å². The molecule has 1 N–H and O–H groups in total. The summed E-state index contributed by atoms with van der Waals surface area (Å²) >= 11 is 0. The van der Waals surface area contributed by atoms with E-state index in [9.17, 15) is 4.39 Å². The van der Waals surface area contributed by atoms with E-state index in [1.165, 1.54) is 12.3 Å². The summed E-state index contributed by atoms with van der Waals surface area (Å²) in [6.07, 6.45) is 8.19. The monoisotopic (exact) mass is 283 g/mol. The summed E-state index contributed by atoms with van der Waals surface area (Å²) in [4.78, 5) is 12.4. The fourth-order valence-electron chi connectivity index (χ4n) is 1.99. The van der Waals surface area contributed by atoms with Gasteiger partial charge in [-0.15, -0.1) is 0 Å². The van der Waals surface area contributed by atoms with Crippen LogP contribution in [0, 0.1) is 5.82 Å². The Bertz CT molecular complexity index is 692. The number of nitrogens with one attached hydrogen (secondary N) is 1. The van der Waals surface area contributed by atoms with Crippen LogP contribution in [0.5, 0.6) is 0 Å². The Morgan fingerprint density at radius 3 is 2.67 bits per heavy atom. The Hall–Kier alpha value is -2.76. The second-order valence-electron chi connectivity index (χ2n) is 4.64. The molecular weight excluding hydrogens is 269 g/mol. The second-order valence-corrected chi connectivity index (χ2v) is 4.64. The molecule has 3 heterocycles. The highest BCUT2D eigenvalue weighted by Gasteiger charge is 2.07. The smallest absolute Gasteiger partial charge is 0.141 e.